The van der Waals surface area contributed by atoms with E-state index in [1.165, 1.54) is 0 Å². The molecule has 0 amide bonds. The molecular weight excluding hydrogens is 99.0 g/mol. The van der Waals surface area contributed by atoms with Crippen LogP contribution in [0, 0.1) is 0 Å². The van der Waals surface area contributed by atoms with Crippen molar-refractivity contribution in [3.8, 4) is 0 Å². The molecule has 0 N–H and O–H groups in total. The molecule has 0 atom stereocenters. The molecule has 0 aromatic rings. The van der Waals surface area contributed by atoms with Gasteiger partial charge in [-0.15, -0.1) is 0 Å². The van der Waals surface area contributed by atoms with Crippen LogP contribution in [0.15, 0.2) is 0 Å². The molecule has 30 valence electrons. The Bertz CT molecular complexity index is 69.5. The Balaban J connectivity index is 2.97. The number of hydrogen-bond acceptors (Lipinski definition) is 2. The van der Waals surface area contributed by atoms with Gasteiger partial charge in [0.1, 0.15) is 0 Å². The van der Waals surface area contributed by atoms with Gasteiger partial charge in [0.2, 0.25) is 0 Å². The van der Waals surface area contributed by atoms with Gasteiger partial charge in [-0.3, -0.25) is 0 Å². The molecule has 0 nitrogen and oxygen atoms in total. The summed E-state index contributed by atoms with van der Waals surface area (Å²) in [5, 5.41) is 0. The van der Waals surface area contributed by atoms with Crippen molar-refractivity contribution in [2.75, 3.05) is 12.5 Å². The van der Waals surface area contributed by atoms with Gasteiger partial charge in [-0.1, -0.05) is 0 Å². The number of rotatable bonds is 0. The van der Waals surface area contributed by atoms with Gasteiger partial charge >= 0.3 is 39.0 Å². The summed E-state index contributed by atoms with van der Waals surface area (Å²) in [6, 6.07) is 0. The molecule has 0 aromatic carbocycles. The summed E-state index contributed by atoms with van der Waals surface area (Å²) in [6.45, 7) is 5.28. The van der Waals surface area contributed by atoms with Gasteiger partial charge in [0.05, 0.1) is 0 Å². The van der Waals surface area contributed by atoms with Crippen LogP contribution in [0.25, 0.3) is 0 Å². The van der Waals surface area contributed by atoms with E-state index in [9.17, 15) is 0 Å². The molecule has 0 aromatic heterocycles. The molecule has 0 radical (unpaired) electrons. The van der Waals surface area contributed by atoms with Crippen molar-refractivity contribution in [2.45, 2.75) is 0 Å². The van der Waals surface area contributed by atoms with Crippen LogP contribution >= 0.6 is 10.8 Å². The van der Waals surface area contributed by atoms with Crippen molar-refractivity contribution < 1.29 is 0 Å². The zero-order chi connectivity index (χ0) is 4.28. The SMILES string of the molecule is B#[S-](C)SC. The molecule has 5 heavy (non-hydrogen) atoms. The van der Waals surface area contributed by atoms with Gasteiger partial charge in [-0.2, -0.15) is 0 Å². The molecule has 0 spiro atoms. The third-order valence-electron chi connectivity index (χ3n) is 0.263. The van der Waals surface area contributed by atoms with E-state index in [1.807, 2.05) is 12.5 Å². The molecule has 0 bridgehead atoms. The zero-order valence-electron chi connectivity index (χ0n) is 3.39. The summed E-state index contributed by atoms with van der Waals surface area (Å²) in [5.41, 5.74) is 0. The minimum atomic E-state index is 0.0941. The van der Waals surface area contributed by atoms with Crippen molar-refractivity contribution in [2.24, 2.45) is 0 Å². The van der Waals surface area contributed by atoms with Gasteiger partial charge in [0, 0.05) is 0 Å². The molecule has 0 aliphatic carbocycles. The van der Waals surface area contributed by atoms with Crippen molar-refractivity contribution in [1.82, 2.24) is 0 Å². The summed E-state index contributed by atoms with van der Waals surface area (Å²) in [4.78, 5) is 0. The van der Waals surface area contributed by atoms with Gasteiger partial charge in [0.25, 0.3) is 0 Å². The van der Waals surface area contributed by atoms with Gasteiger partial charge in [-0.05, 0) is 0 Å². The van der Waals surface area contributed by atoms with Crippen LogP contribution in [0.5, 0.6) is 0 Å². The fraction of sp³-hybridized carbons (Fsp3) is 1.00. The van der Waals surface area contributed by atoms with Crippen LogP contribution in [0.3, 0.4) is 0 Å². The van der Waals surface area contributed by atoms with E-state index in [1.54, 1.807) is 10.8 Å². The van der Waals surface area contributed by atoms with Crippen molar-refractivity contribution in [3.05, 3.63) is 0 Å². The summed E-state index contributed by atoms with van der Waals surface area (Å²) >= 11 is 0. The topological polar surface area (TPSA) is 0 Å². The van der Waals surface area contributed by atoms with E-state index in [0.29, 0.717) is 0 Å². The Labute approximate surface area is 39.6 Å². The first-order valence-corrected chi connectivity index (χ1v) is 4.66. The fourth-order valence-electron chi connectivity index (χ4n) is 0. The molecular formula is C2H6BS2-. The first kappa shape index (κ1) is 5.76. The van der Waals surface area contributed by atoms with Crippen LogP contribution in [0.2, 0.25) is 0 Å². The molecule has 0 rings (SSSR count). The van der Waals surface area contributed by atoms with E-state index >= 15 is 0 Å². The zero-order valence-corrected chi connectivity index (χ0v) is 5.03. The van der Waals surface area contributed by atoms with E-state index in [4.69, 9.17) is 6.53 Å². The van der Waals surface area contributed by atoms with Crippen LogP contribution in [-0.4, -0.2) is 19.0 Å². The Hall–Kier alpha value is 0.765. The second kappa shape index (κ2) is 2.97. The second-order valence-electron chi connectivity index (χ2n) is 0.665. The third kappa shape index (κ3) is 4.76. The van der Waals surface area contributed by atoms with E-state index in [2.05, 4.69) is 0 Å². The predicted octanol–water partition coefficient (Wildman–Crippen LogP) is 0.596. The molecule has 0 saturated heterocycles. The Morgan fingerprint density at radius 3 is 2.00 bits per heavy atom. The van der Waals surface area contributed by atoms with Crippen LogP contribution in [0.1, 0.15) is 0 Å². The molecule has 0 aliphatic rings. The maximum absolute atomic E-state index is 5.28. The summed E-state index contributed by atoms with van der Waals surface area (Å²) in [7, 11) is 1.78. The second-order valence-corrected chi connectivity index (χ2v) is 4.57. The summed E-state index contributed by atoms with van der Waals surface area (Å²) in [6.07, 6.45) is 3.99. The average molecular weight is 105 g/mol. The van der Waals surface area contributed by atoms with E-state index in [-0.39, 0.29) is 9.16 Å². The number of hydrogen-bond donors (Lipinski definition) is 0. The maximum atomic E-state index is 5.28. The molecule has 0 unspecified atom stereocenters. The van der Waals surface area contributed by atoms with Gasteiger partial charge in [0.15, 0.2) is 0 Å². The quantitative estimate of drug-likeness (QED) is 0.247. The standard InChI is InChI=1S/C2H6BS2/c1-4-5(2)3/h1-2H3/q-1. The summed E-state index contributed by atoms with van der Waals surface area (Å²) in [5.74, 6) is 0. The normalized spacial score (nSPS) is 9.80. The molecule has 0 heterocycles. The van der Waals surface area contributed by atoms with Crippen molar-refractivity contribution in [3.63, 3.8) is 0 Å². The van der Waals surface area contributed by atoms with Crippen molar-refractivity contribution >= 4 is 26.5 Å². The Kier molecular flexibility index (Phi) is 3.43. The first-order valence-electron chi connectivity index (χ1n) is 1.22. The predicted molar refractivity (Wildman–Crippen MR) is 32.6 cm³/mol. The summed E-state index contributed by atoms with van der Waals surface area (Å²) < 4.78 is 0. The van der Waals surface area contributed by atoms with Crippen LogP contribution < -0.4 is 0 Å². The Morgan fingerprint density at radius 1 is 1.80 bits per heavy atom. The van der Waals surface area contributed by atoms with Gasteiger partial charge in [-0.25, -0.2) is 0 Å². The minimum absolute atomic E-state index is 0.0941. The molecule has 0 fully saturated rings. The first-order chi connectivity index (χ1) is 2.27. The fourth-order valence-corrected chi connectivity index (χ4v) is 0. The monoisotopic (exact) mass is 105 g/mol. The third-order valence-corrected chi connectivity index (χ3v) is 2.37. The van der Waals surface area contributed by atoms with Crippen LogP contribution in [0.4, 0.5) is 0 Å². The molecule has 3 heteroatoms. The Morgan fingerprint density at radius 2 is 2.00 bits per heavy atom. The van der Waals surface area contributed by atoms with E-state index < -0.39 is 0 Å². The van der Waals surface area contributed by atoms with Crippen LogP contribution in [-0.2, 0) is 9.16 Å². The van der Waals surface area contributed by atoms with Crippen molar-refractivity contribution in [1.29, 1.82) is 0 Å². The van der Waals surface area contributed by atoms with Gasteiger partial charge < -0.3 is 0 Å². The molecule has 0 aliphatic heterocycles. The van der Waals surface area contributed by atoms with E-state index in [0.717, 1.165) is 0 Å². The average Bonchev–Trinajstić information content (AvgIpc) is 1.38. The molecule has 0 saturated carbocycles.